The van der Waals surface area contributed by atoms with Gasteiger partial charge in [-0.1, -0.05) is 17.7 Å². The third kappa shape index (κ3) is 3.67. The molecule has 1 aliphatic rings. The highest BCUT2D eigenvalue weighted by Crippen LogP contribution is 2.27. The zero-order valence-electron chi connectivity index (χ0n) is 13.5. The molecule has 125 valence electrons. The molecule has 1 aromatic carbocycles. The second-order valence-electron chi connectivity index (χ2n) is 6.14. The van der Waals surface area contributed by atoms with Gasteiger partial charge in [-0.3, -0.25) is 4.79 Å². The van der Waals surface area contributed by atoms with Gasteiger partial charge in [0.05, 0.1) is 5.69 Å². The van der Waals surface area contributed by atoms with Gasteiger partial charge < -0.3 is 10.0 Å². The molecule has 24 heavy (non-hydrogen) atoms. The Morgan fingerprint density at radius 1 is 1.33 bits per heavy atom. The number of halogens is 1. The molecule has 0 aliphatic carbocycles. The third-order valence-electron chi connectivity index (χ3n) is 4.46. The van der Waals surface area contributed by atoms with E-state index in [9.17, 15) is 9.90 Å². The fraction of sp³-hybridized carbons (Fsp3) is 0.389. The molecular formula is C18H19ClN3O2. The highest BCUT2D eigenvalue weighted by atomic mass is 35.5. The molecule has 3 rings (SSSR count). The van der Waals surface area contributed by atoms with Gasteiger partial charge in [-0.25, -0.2) is 9.97 Å². The summed E-state index contributed by atoms with van der Waals surface area (Å²) < 4.78 is 0. The molecule has 0 atom stereocenters. The van der Waals surface area contributed by atoms with Crippen LogP contribution in [0, 0.1) is 12.8 Å². The summed E-state index contributed by atoms with van der Waals surface area (Å²) in [7, 11) is 0. The number of anilines is 1. The summed E-state index contributed by atoms with van der Waals surface area (Å²) in [5, 5.41) is 10.5. The monoisotopic (exact) mass is 344 g/mol. The van der Waals surface area contributed by atoms with E-state index in [2.05, 4.69) is 20.9 Å². The van der Waals surface area contributed by atoms with Crippen LogP contribution in [0.3, 0.4) is 0 Å². The number of aromatic nitrogens is 2. The molecule has 0 unspecified atom stereocenters. The van der Waals surface area contributed by atoms with E-state index in [1.54, 1.807) is 13.2 Å². The summed E-state index contributed by atoms with van der Waals surface area (Å²) in [6.07, 6.45) is 4.43. The SMILES string of the molecule is Cc1nc(CC2CCN(c3cccc(Cl)c3)CC2)nc([C]=O)c1O. The van der Waals surface area contributed by atoms with Gasteiger partial charge in [0.2, 0.25) is 0 Å². The van der Waals surface area contributed by atoms with Crippen LogP contribution in [0.4, 0.5) is 5.69 Å². The number of rotatable bonds is 4. The van der Waals surface area contributed by atoms with Crippen LogP contribution in [0.15, 0.2) is 24.3 Å². The Bertz CT molecular complexity index is 743. The molecule has 1 saturated heterocycles. The Kier molecular flexibility index (Phi) is 5.00. The zero-order chi connectivity index (χ0) is 17.1. The van der Waals surface area contributed by atoms with E-state index in [-0.39, 0.29) is 11.4 Å². The van der Waals surface area contributed by atoms with E-state index >= 15 is 0 Å². The topological polar surface area (TPSA) is 66.3 Å². The summed E-state index contributed by atoms with van der Waals surface area (Å²) in [4.78, 5) is 21.6. The van der Waals surface area contributed by atoms with Crippen LogP contribution in [0.25, 0.3) is 0 Å². The fourth-order valence-corrected chi connectivity index (χ4v) is 3.30. The van der Waals surface area contributed by atoms with Crippen molar-refractivity contribution in [2.45, 2.75) is 26.2 Å². The molecule has 1 aromatic heterocycles. The lowest BCUT2D eigenvalue weighted by atomic mass is 9.93. The van der Waals surface area contributed by atoms with E-state index in [0.717, 1.165) is 36.6 Å². The van der Waals surface area contributed by atoms with Crippen LogP contribution in [0.1, 0.15) is 30.1 Å². The molecule has 6 heteroatoms. The third-order valence-corrected chi connectivity index (χ3v) is 4.70. The predicted octanol–water partition coefficient (Wildman–Crippen LogP) is 3.06. The summed E-state index contributed by atoms with van der Waals surface area (Å²) in [6, 6.07) is 7.91. The van der Waals surface area contributed by atoms with Gasteiger partial charge in [-0.2, -0.15) is 0 Å². The Hall–Kier alpha value is -2.14. The zero-order valence-corrected chi connectivity index (χ0v) is 14.3. The minimum atomic E-state index is -0.176. The number of benzene rings is 1. The van der Waals surface area contributed by atoms with Crippen molar-refractivity contribution in [3.8, 4) is 5.75 Å². The second kappa shape index (κ2) is 7.18. The molecule has 1 radical (unpaired) electrons. The van der Waals surface area contributed by atoms with Gasteiger partial charge in [0.15, 0.2) is 11.4 Å². The van der Waals surface area contributed by atoms with E-state index in [1.165, 1.54) is 0 Å². The highest BCUT2D eigenvalue weighted by molar-refractivity contribution is 6.30. The van der Waals surface area contributed by atoms with E-state index in [4.69, 9.17) is 11.6 Å². The van der Waals surface area contributed by atoms with Crippen molar-refractivity contribution in [3.63, 3.8) is 0 Å². The van der Waals surface area contributed by atoms with Crippen molar-refractivity contribution in [2.24, 2.45) is 5.92 Å². The van der Waals surface area contributed by atoms with Gasteiger partial charge in [0, 0.05) is 30.2 Å². The summed E-state index contributed by atoms with van der Waals surface area (Å²) in [5.41, 5.74) is 1.53. The van der Waals surface area contributed by atoms with Crippen molar-refractivity contribution in [1.29, 1.82) is 0 Å². The van der Waals surface area contributed by atoms with Crippen molar-refractivity contribution in [2.75, 3.05) is 18.0 Å². The second-order valence-corrected chi connectivity index (χ2v) is 6.58. The molecule has 2 aromatic rings. The molecule has 0 amide bonds. The fourth-order valence-electron chi connectivity index (χ4n) is 3.11. The Balaban J connectivity index is 1.63. The molecule has 5 nitrogen and oxygen atoms in total. The van der Waals surface area contributed by atoms with Crippen LogP contribution in [0.2, 0.25) is 5.02 Å². The normalized spacial score (nSPS) is 15.5. The maximum Gasteiger partial charge on any atom is 0.257 e. The highest BCUT2D eigenvalue weighted by Gasteiger charge is 2.22. The van der Waals surface area contributed by atoms with Crippen LogP contribution in [0.5, 0.6) is 5.75 Å². The first-order chi connectivity index (χ1) is 11.6. The maximum atomic E-state index is 10.9. The lowest BCUT2D eigenvalue weighted by molar-refractivity contribution is 0.394. The smallest absolute Gasteiger partial charge is 0.257 e. The number of piperidine rings is 1. The van der Waals surface area contributed by atoms with Crippen molar-refractivity contribution < 1.29 is 9.90 Å². The lowest BCUT2D eigenvalue weighted by Gasteiger charge is -2.33. The van der Waals surface area contributed by atoms with Gasteiger partial charge in [-0.05, 0) is 43.9 Å². The minimum Gasteiger partial charge on any atom is -0.504 e. The molecule has 1 fully saturated rings. The number of nitrogens with zero attached hydrogens (tertiary/aromatic N) is 3. The number of carbonyl (C=O) groups excluding carboxylic acids is 1. The summed E-state index contributed by atoms with van der Waals surface area (Å²) >= 11 is 6.06. The molecule has 0 bridgehead atoms. The van der Waals surface area contributed by atoms with Crippen LogP contribution < -0.4 is 4.90 Å². The van der Waals surface area contributed by atoms with Crippen LogP contribution >= 0.6 is 11.6 Å². The first-order valence-electron chi connectivity index (χ1n) is 8.02. The van der Waals surface area contributed by atoms with Crippen LogP contribution in [-0.4, -0.2) is 34.5 Å². The molecule has 2 heterocycles. The number of hydrogen-bond donors (Lipinski definition) is 1. The van der Waals surface area contributed by atoms with Crippen molar-refractivity contribution >= 4 is 23.6 Å². The van der Waals surface area contributed by atoms with E-state index in [0.29, 0.717) is 23.9 Å². The summed E-state index contributed by atoms with van der Waals surface area (Å²) in [5.74, 6) is 0.887. The Morgan fingerprint density at radius 3 is 2.75 bits per heavy atom. The van der Waals surface area contributed by atoms with Crippen molar-refractivity contribution in [3.05, 3.63) is 46.5 Å². The summed E-state index contributed by atoms with van der Waals surface area (Å²) in [6.45, 7) is 3.58. The average molecular weight is 345 g/mol. The number of aromatic hydroxyl groups is 1. The van der Waals surface area contributed by atoms with Gasteiger partial charge in [0.1, 0.15) is 5.82 Å². The van der Waals surface area contributed by atoms with E-state index in [1.807, 2.05) is 18.2 Å². The minimum absolute atomic E-state index is 0.0473. The van der Waals surface area contributed by atoms with Gasteiger partial charge >= 0.3 is 0 Å². The Labute approximate surface area is 146 Å². The lowest BCUT2D eigenvalue weighted by Crippen LogP contribution is -2.34. The van der Waals surface area contributed by atoms with Crippen molar-refractivity contribution in [1.82, 2.24) is 9.97 Å². The van der Waals surface area contributed by atoms with Crippen LogP contribution in [-0.2, 0) is 11.2 Å². The number of hydrogen-bond acceptors (Lipinski definition) is 5. The predicted molar refractivity (Wildman–Crippen MR) is 93.3 cm³/mol. The van der Waals surface area contributed by atoms with Gasteiger partial charge in [0.25, 0.3) is 6.29 Å². The molecule has 1 N–H and O–H groups in total. The average Bonchev–Trinajstić information content (AvgIpc) is 2.58. The first kappa shape index (κ1) is 16.7. The maximum absolute atomic E-state index is 10.9. The Morgan fingerprint density at radius 2 is 2.08 bits per heavy atom. The molecular weight excluding hydrogens is 326 g/mol. The number of aryl methyl sites for hydroxylation is 1. The van der Waals surface area contributed by atoms with Gasteiger partial charge in [-0.15, -0.1) is 0 Å². The molecule has 1 aliphatic heterocycles. The molecule has 0 saturated carbocycles. The standard InChI is InChI=1S/C18H19ClN3O2/c1-12-18(24)16(11-23)21-17(20-12)9-13-5-7-22(8-6-13)15-4-2-3-14(19)10-15/h2-4,10,13,24H,5-9H2,1H3. The largest absolute Gasteiger partial charge is 0.504 e. The first-order valence-corrected chi connectivity index (χ1v) is 8.39. The quantitative estimate of drug-likeness (QED) is 0.923. The van der Waals surface area contributed by atoms with E-state index < -0.39 is 0 Å². The molecule has 0 spiro atoms.